The zero-order valence-electron chi connectivity index (χ0n) is 9.73. The van der Waals surface area contributed by atoms with Crippen LogP contribution in [0.25, 0.3) is 0 Å². The van der Waals surface area contributed by atoms with E-state index >= 15 is 0 Å². The lowest BCUT2D eigenvalue weighted by Gasteiger charge is -2.22. The number of hydrogen-bond donors (Lipinski definition) is 2. The van der Waals surface area contributed by atoms with Gasteiger partial charge in [0, 0.05) is 31.7 Å². The number of anilines is 1. The maximum Gasteiger partial charge on any atom is 0.293 e. The van der Waals surface area contributed by atoms with Crippen molar-refractivity contribution in [3.8, 4) is 0 Å². The first-order valence-electron chi connectivity index (χ1n) is 4.93. The van der Waals surface area contributed by atoms with E-state index in [1.807, 2.05) is 6.26 Å². The standard InChI is InChI=1S/C10H17N3O2S/c1-10(15,7-16-3)6-12-8-9(14)13(2)5-4-11-8/h4-5,15H,6-7H2,1-3H3,(H,11,12). The fourth-order valence-corrected chi connectivity index (χ4v) is 1.98. The molecule has 0 fully saturated rings. The van der Waals surface area contributed by atoms with Gasteiger partial charge in [-0.1, -0.05) is 0 Å². The first-order chi connectivity index (χ1) is 7.46. The van der Waals surface area contributed by atoms with Gasteiger partial charge in [-0.05, 0) is 13.2 Å². The van der Waals surface area contributed by atoms with Crippen LogP contribution < -0.4 is 10.9 Å². The topological polar surface area (TPSA) is 67.2 Å². The van der Waals surface area contributed by atoms with Gasteiger partial charge < -0.3 is 15.0 Å². The molecule has 16 heavy (non-hydrogen) atoms. The zero-order valence-corrected chi connectivity index (χ0v) is 10.5. The van der Waals surface area contributed by atoms with Gasteiger partial charge in [-0.3, -0.25) is 4.79 Å². The lowest BCUT2D eigenvalue weighted by Crippen LogP contribution is -2.37. The fourth-order valence-electron chi connectivity index (χ4n) is 1.26. The normalized spacial score (nSPS) is 14.5. The van der Waals surface area contributed by atoms with Crippen LogP contribution in [0.1, 0.15) is 6.92 Å². The van der Waals surface area contributed by atoms with E-state index in [-0.39, 0.29) is 11.4 Å². The molecule has 1 unspecified atom stereocenters. The average Bonchev–Trinajstić information content (AvgIpc) is 2.20. The van der Waals surface area contributed by atoms with Crippen LogP contribution in [0.2, 0.25) is 0 Å². The van der Waals surface area contributed by atoms with Crippen molar-refractivity contribution < 1.29 is 5.11 Å². The van der Waals surface area contributed by atoms with Crippen molar-refractivity contribution in [2.45, 2.75) is 12.5 Å². The molecule has 1 aromatic rings. The zero-order chi connectivity index (χ0) is 12.2. The van der Waals surface area contributed by atoms with Crippen LogP contribution in [0.15, 0.2) is 17.2 Å². The number of aromatic nitrogens is 2. The van der Waals surface area contributed by atoms with E-state index in [2.05, 4.69) is 10.3 Å². The maximum atomic E-state index is 11.6. The summed E-state index contributed by atoms with van der Waals surface area (Å²) in [6.07, 6.45) is 5.06. The third-order valence-electron chi connectivity index (χ3n) is 2.11. The molecule has 5 nitrogen and oxygen atoms in total. The number of rotatable bonds is 5. The molecule has 0 saturated heterocycles. The predicted molar refractivity (Wildman–Crippen MR) is 67.0 cm³/mol. The van der Waals surface area contributed by atoms with E-state index in [0.29, 0.717) is 12.3 Å². The Morgan fingerprint density at radius 2 is 2.38 bits per heavy atom. The van der Waals surface area contributed by atoms with Crippen LogP contribution >= 0.6 is 11.8 Å². The van der Waals surface area contributed by atoms with Crippen LogP contribution in [0.3, 0.4) is 0 Å². The predicted octanol–water partition coefficient (Wildman–Crippen LogP) is 0.306. The van der Waals surface area contributed by atoms with Crippen molar-refractivity contribution in [3.05, 3.63) is 22.7 Å². The lowest BCUT2D eigenvalue weighted by molar-refractivity contribution is 0.0996. The summed E-state index contributed by atoms with van der Waals surface area (Å²) in [5.74, 6) is 0.874. The van der Waals surface area contributed by atoms with E-state index in [1.165, 1.54) is 4.57 Å². The van der Waals surface area contributed by atoms with Gasteiger partial charge in [-0.25, -0.2) is 4.98 Å². The summed E-state index contributed by atoms with van der Waals surface area (Å²) >= 11 is 1.56. The molecule has 1 aromatic heterocycles. The van der Waals surface area contributed by atoms with Gasteiger partial charge in [0.05, 0.1) is 5.60 Å². The van der Waals surface area contributed by atoms with Crippen LogP contribution in [-0.4, -0.2) is 38.8 Å². The van der Waals surface area contributed by atoms with Crippen molar-refractivity contribution >= 4 is 17.6 Å². The highest BCUT2D eigenvalue weighted by Crippen LogP contribution is 2.10. The Bertz CT molecular complexity index is 403. The molecule has 0 radical (unpaired) electrons. The van der Waals surface area contributed by atoms with Gasteiger partial charge in [0.25, 0.3) is 5.56 Å². The largest absolute Gasteiger partial charge is 0.387 e. The summed E-state index contributed by atoms with van der Waals surface area (Å²) in [5.41, 5.74) is -1.04. The molecule has 0 aromatic carbocycles. The third-order valence-corrected chi connectivity index (χ3v) is 3.02. The molecule has 0 bridgehead atoms. The smallest absolute Gasteiger partial charge is 0.293 e. The Hall–Kier alpha value is -1.01. The number of thioether (sulfide) groups is 1. The number of hydrogen-bond acceptors (Lipinski definition) is 5. The molecule has 0 aliphatic rings. The van der Waals surface area contributed by atoms with Crippen molar-refractivity contribution in [1.29, 1.82) is 0 Å². The van der Waals surface area contributed by atoms with Crippen LogP contribution in [0, 0.1) is 0 Å². The average molecular weight is 243 g/mol. The number of nitrogens with one attached hydrogen (secondary N) is 1. The monoisotopic (exact) mass is 243 g/mol. The van der Waals surface area contributed by atoms with Gasteiger partial charge in [-0.15, -0.1) is 0 Å². The first-order valence-corrected chi connectivity index (χ1v) is 6.32. The van der Waals surface area contributed by atoms with Crippen molar-refractivity contribution in [1.82, 2.24) is 9.55 Å². The Morgan fingerprint density at radius 3 is 3.00 bits per heavy atom. The maximum absolute atomic E-state index is 11.6. The molecule has 2 N–H and O–H groups in total. The quantitative estimate of drug-likeness (QED) is 0.779. The summed E-state index contributed by atoms with van der Waals surface area (Å²) < 4.78 is 1.44. The van der Waals surface area contributed by atoms with Crippen molar-refractivity contribution in [3.63, 3.8) is 0 Å². The molecule has 6 heteroatoms. The Kier molecular flexibility index (Phi) is 4.37. The minimum absolute atomic E-state index is 0.192. The Labute approximate surface area is 98.9 Å². The minimum Gasteiger partial charge on any atom is -0.387 e. The molecule has 0 aliphatic heterocycles. The summed E-state index contributed by atoms with van der Waals surface area (Å²) in [7, 11) is 1.66. The Morgan fingerprint density at radius 1 is 1.69 bits per heavy atom. The van der Waals surface area contributed by atoms with Gasteiger partial charge in [0.1, 0.15) is 0 Å². The molecular formula is C10H17N3O2S. The molecule has 1 rings (SSSR count). The molecule has 90 valence electrons. The fraction of sp³-hybridized carbons (Fsp3) is 0.600. The van der Waals surface area contributed by atoms with Crippen LogP contribution in [-0.2, 0) is 7.05 Å². The summed E-state index contributed by atoms with van der Waals surface area (Å²) in [4.78, 5) is 15.5. The highest BCUT2D eigenvalue weighted by Gasteiger charge is 2.19. The van der Waals surface area contributed by atoms with Crippen molar-refractivity contribution in [2.75, 3.05) is 23.9 Å². The second-order valence-electron chi connectivity index (χ2n) is 3.98. The molecule has 1 heterocycles. The van der Waals surface area contributed by atoms with Gasteiger partial charge >= 0.3 is 0 Å². The summed E-state index contributed by atoms with van der Waals surface area (Å²) in [6.45, 7) is 2.03. The molecule has 0 spiro atoms. The molecular weight excluding hydrogens is 226 g/mol. The third kappa shape index (κ3) is 3.53. The van der Waals surface area contributed by atoms with E-state index in [0.717, 1.165) is 0 Å². The minimum atomic E-state index is -0.845. The van der Waals surface area contributed by atoms with Crippen LogP contribution in [0.4, 0.5) is 5.82 Å². The Balaban J connectivity index is 2.68. The highest BCUT2D eigenvalue weighted by atomic mass is 32.2. The van der Waals surface area contributed by atoms with E-state index in [9.17, 15) is 9.90 Å². The first kappa shape index (κ1) is 13.1. The van der Waals surface area contributed by atoms with E-state index in [1.54, 1.807) is 38.1 Å². The van der Waals surface area contributed by atoms with Gasteiger partial charge in [-0.2, -0.15) is 11.8 Å². The second kappa shape index (κ2) is 5.36. The molecule has 0 saturated carbocycles. The second-order valence-corrected chi connectivity index (χ2v) is 4.84. The number of nitrogens with zero attached hydrogens (tertiary/aromatic N) is 2. The summed E-state index contributed by atoms with van der Waals surface area (Å²) in [5, 5.41) is 12.8. The number of aliphatic hydroxyl groups is 1. The van der Waals surface area contributed by atoms with Crippen LogP contribution in [0.5, 0.6) is 0 Å². The lowest BCUT2D eigenvalue weighted by atomic mass is 10.1. The van der Waals surface area contributed by atoms with E-state index in [4.69, 9.17) is 0 Å². The molecule has 1 atom stereocenters. The SMILES string of the molecule is CSCC(C)(O)CNc1nccn(C)c1=O. The number of aryl methyl sites for hydroxylation is 1. The summed E-state index contributed by atoms with van der Waals surface area (Å²) in [6, 6.07) is 0. The van der Waals surface area contributed by atoms with E-state index < -0.39 is 5.60 Å². The van der Waals surface area contributed by atoms with Crippen molar-refractivity contribution in [2.24, 2.45) is 7.05 Å². The van der Waals surface area contributed by atoms with Gasteiger partial charge in [0.2, 0.25) is 0 Å². The van der Waals surface area contributed by atoms with Gasteiger partial charge in [0.15, 0.2) is 5.82 Å². The molecule has 0 amide bonds. The molecule has 0 aliphatic carbocycles. The highest BCUT2D eigenvalue weighted by molar-refractivity contribution is 7.98.